The van der Waals surface area contributed by atoms with Crippen molar-refractivity contribution in [3.8, 4) is 0 Å². The van der Waals surface area contributed by atoms with Crippen molar-refractivity contribution < 1.29 is 22.4 Å². The standard InChI is InChI=1S/C16H20ClFN4O4S/c1-11(15(23)22-5-4-19-16(22)24)20-6-8-21(9-7-20)27(25,26)12-2-3-14(18)13(17)10-12/h2-3,10-11H,4-9H2,1H3,(H,19,24). The first-order chi connectivity index (χ1) is 12.7. The lowest BCUT2D eigenvalue weighted by atomic mass is 10.2. The number of sulfonamides is 1. The molecule has 0 spiro atoms. The van der Waals surface area contributed by atoms with Gasteiger partial charge >= 0.3 is 6.03 Å². The molecule has 0 radical (unpaired) electrons. The number of halogens is 2. The highest BCUT2D eigenvalue weighted by Crippen LogP contribution is 2.23. The maximum Gasteiger partial charge on any atom is 0.324 e. The van der Waals surface area contributed by atoms with Gasteiger partial charge in [-0.1, -0.05) is 11.6 Å². The van der Waals surface area contributed by atoms with Gasteiger partial charge in [-0.2, -0.15) is 4.31 Å². The second-order valence-electron chi connectivity index (χ2n) is 6.41. The third-order valence-corrected chi connectivity index (χ3v) is 7.01. The first-order valence-electron chi connectivity index (χ1n) is 8.50. The molecule has 2 aliphatic heterocycles. The summed E-state index contributed by atoms with van der Waals surface area (Å²) < 4.78 is 40.0. The van der Waals surface area contributed by atoms with E-state index in [0.29, 0.717) is 26.2 Å². The van der Waals surface area contributed by atoms with Gasteiger partial charge in [-0.15, -0.1) is 0 Å². The van der Waals surface area contributed by atoms with Gasteiger partial charge in [0.1, 0.15) is 5.82 Å². The average molecular weight is 419 g/mol. The van der Waals surface area contributed by atoms with Crippen LogP contribution >= 0.6 is 11.6 Å². The molecule has 1 atom stereocenters. The fraction of sp³-hybridized carbons (Fsp3) is 0.500. The highest BCUT2D eigenvalue weighted by atomic mass is 35.5. The van der Waals surface area contributed by atoms with E-state index in [-0.39, 0.29) is 28.9 Å². The Hall–Kier alpha value is -1.75. The number of benzene rings is 1. The van der Waals surface area contributed by atoms with Gasteiger partial charge in [-0.05, 0) is 25.1 Å². The van der Waals surface area contributed by atoms with Crippen LogP contribution in [0.2, 0.25) is 5.02 Å². The Kier molecular flexibility index (Phi) is 5.71. The summed E-state index contributed by atoms with van der Waals surface area (Å²) in [5.41, 5.74) is 0. The van der Waals surface area contributed by atoms with Crippen molar-refractivity contribution >= 4 is 33.6 Å². The Morgan fingerprint density at radius 3 is 2.44 bits per heavy atom. The molecule has 11 heteroatoms. The zero-order chi connectivity index (χ0) is 19.8. The van der Waals surface area contributed by atoms with Gasteiger partial charge in [0.15, 0.2) is 0 Å². The number of nitrogens with zero attached hydrogens (tertiary/aromatic N) is 3. The molecule has 2 heterocycles. The van der Waals surface area contributed by atoms with Crippen LogP contribution in [-0.4, -0.2) is 79.8 Å². The summed E-state index contributed by atoms with van der Waals surface area (Å²) in [5, 5.41) is 2.33. The van der Waals surface area contributed by atoms with Crippen molar-refractivity contribution in [2.45, 2.75) is 17.9 Å². The van der Waals surface area contributed by atoms with Gasteiger partial charge in [0.2, 0.25) is 15.9 Å². The molecule has 3 amide bonds. The van der Waals surface area contributed by atoms with E-state index in [0.717, 1.165) is 12.1 Å². The Bertz CT molecular complexity index is 858. The lowest BCUT2D eigenvalue weighted by Crippen LogP contribution is -2.55. The molecule has 0 aliphatic carbocycles. The van der Waals surface area contributed by atoms with Gasteiger partial charge in [-0.25, -0.2) is 17.6 Å². The van der Waals surface area contributed by atoms with E-state index in [2.05, 4.69) is 5.32 Å². The van der Waals surface area contributed by atoms with Gasteiger partial charge in [0.25, 0.3) is 0 Å². The molecular weight excluding hydrogens is 399 g/mol. The number of urea groups is 1. The molecule has 0 saturated carbocycles. The third-order valence-electron chi connectivity index (χ3n) is 4.83. The highest BCUT2D eigenvalue weighted by Gasteiger charge is 2.36. The maximum absolute atomic E-state index is 13.3. The Labute approximate surface area is 161 Å². The number of rotatable bonds is 4. The number of carbonyl (C=O) groups is 2. The molecule has 1 aromatic rings. The molecule has 2 aliphatic rings. The van der Waals surface area contributed by atoms with Gasteiger partial charge in [0.05, 0.1) is 16.0 Å². The minimum Gasteiger partial charge on any atom is -0.336 e. The van der Waals surface area contributed by atoms with Crippen molar-refractivity contribution in [2.75, 3.05) is 39.3 Å². The smallest absolute Gasteiger partial charge is 0.324 e. The molecule has 8 nitrogen and oxygen atoms in total. The lowest BCUT2D eigenvalue weighted by molar-refractivity contribution is -0.133. The second-order valence-corrected chi connectivity index (χ2v) is 8.76. The minimum absolute atomic E-state index is 0.0692. The second kappa shape index (κ2) is 7.70. The van der Waals surface area contributed by atoms with Crippen molar-refractivity contribution in [2.24, 2.45) is 0 Å². The van der Waals surface area contributed by atoms with Gasteiger partial charge in [0, 0.05) is 39.3 Å². The van der Waals surface area contributed by atoms with Crippen LogP contribution in [0, 0.1) is 5.82 Å². The molecular formula is C16H20ClFN4O4S. The molecule has 1 unspecified atom stereocenters. The van der Waals surface area contributed by atoms with Crippen molar-refractivity contribution in [3.63, 3.8) is 0 Å². The van der Waals surface area contributed by atoms with Crippen LogP contribution in [0.3, 0.4) is 0 Å². The first-order valence-corrected chi connectivity index (χ1v) is 10.3. The minimum atomic E-state index is -3.80. The number of hydrogen-bond donors (Lipinski definition) is 1. The molecule has 0 bridgehead atoms. The zero-order valence-electron chi connectivity index (χ0n) is 14.7. The number of amides is 3. The number of nitrogens with one attached hydrogen (secondary N) is 1. The first kappa shape index (κ1) is 20.0. The summed E-state index contributed by atoms with van der Waals surface area (Å²) in [6.07, 6.45) is 0. The van der Waals surface area contributed by atoms with Gasteiger partial charge < -0.3 is 5.32 Å². The largest absolute Gasteiger partial charge is 0.336 e. The third kappa shape index (κ3) is 3.93. The van der Waals surface area contributed by atoms with E-state index in [1.54, 1.807) is 6.92 Å². The molecule has 148 valence electrons. The van der Waals surface area contributed by atoms with Crippen molar-refractivity contribution in [1.82, 2.24) is 19.4 Å². The Balaban J connectivity index is 1.65. The molecule has 2 saturated heterocycles. The van der Waals surface area contributed by atoms with Crippen molar-refractivity contribution in [3.05, 3.63) is 29.0 Å². The van der Waals surface area contributed by atoms with Crippen LogP contribution < -0.4 is 5.32 Å². The Morgan fingerprint density at radius 2 is 1.89 bits per heavy atom. The van der Waals surface area contributed by atoms with Crippen LogP contribution in [-0.2, 0) is 14.8 Å². The summed E-state index contributed by atoms with van der Waals surface area (Å²) in [7, 11) is -3.80. The summed E-state index contributed by atoms with van der Waals surface area (Å²) in [6.45, 7) is 3.53. The predicted octanol–water partition coefficient (Wildman–Crippen LogP) is 0.726. The average Bonchev–Trinajstić information content (AvgIpc) is 3.08. The fourth-order valence-corrected chi connectivity index (χ4v) is 4.88. The molecule has 3 rings (SSSR count). The SMILES string of the molecule is CC(C(=O)N1CCNC1=O)N1CCN(S(=O)(=O)c2ccc(F)c(Cl)c2)CC1. The predicted molar refractivity (Wildman–Crippen MR) is 96.3 cm³/mol. The number of hydrogen-bond acceptors (Lipinski definition) is 5. The normalized spacial score (nSPS) is 20.6. The maximum atomic E-state index is 13.3. The summed E-state index contributed by atoms with van der Waals surface area (Å²) >= 11 is 5.69. The van der Waals surface area contributed by atoms with E-state index < -0.39 is 27.9 Å². The Morgan fingerprint density at radius 1 is 1.22 bits per heavy atom. The molecule has 0 aromatic heterocycles. The van der Waals surface area contributed by atoms with Gasteiger partial charge in [-0.3, -0.25) is 14.6 Å². The lowest BCUT2D eigenvalue weighted by Gasteiger charge is -2.37. The van der Waals surface area contributed by atoms with Crippen LogP contribution in [0.15, 0.2) is 23.1 Å². The van der Waals surface area contributed by atoms with Crippen molar-refractivity contribution in [1.29, 1.82) is 0 Å². The highest BCUT2D eigenvalue weighted by molar-refractivity contribution is 7.89. The number of piperazine rings is 1. The number of carbonyl (C=O) groups excluding carboxylic acids is 2. The summed E-state index contributed by atoms with van der Waals surface area (Å²) in [4.78, 5) is 27.1. The summed E-state index contributed by atoms with van der Waals surface area (Å²) in [5.74, 6) is -0.981. The van der Waals surface area contributed by atoms with Crippen LogP contribution in [0.4, 0.5) is 9.18 Å². The van der Waals surface area contributed by atoms with E-state index in [4.69, 9.17) is 11.6 Å². The molecule has 1 N–H and O–H groups in total. The monoisotopic (exact) mass is 418 g/mol. The summed E-state index contributed by atoms with van der Waals surface area (Å²) in [6, 6.07) is 2.37. The topological polar surface area (TPSA) is 90.0 Å². The van der Waals surface area contributed by atoms with E-state index in [9.17, 15) is 22.4 Å². The quantitative estimate of drug-likeness (QED) is 0.778. The molecule has 27 heavy (non-hydrogen) atoms. The van der Waals surface area contributed by atoms with Crippen LogP contribution in [0.25, 0.3) is 0 Å². The molecule has 2 fully saturated rings. The van der Waals surface area contributed by atoms with E-state index >= 15 is 0 Å². The molecule has 1 aromatic carbocycles. The van der Waals surface area contributed by atoms with E-state index in [1.807, 2.05) is 4.90 Å². The van der Waals surface area contributed by atoms with Crippen LogP contribution in [0.5, 0.6) is 0 Å². The number of imide groups is 1. The van der Waals surface area contributed by atoms with Crippen LogP contribution in [0.1, 0.15) is 6.92 Å². The van der Waals surface area contributed by atoms with E-state index in [1.165, 1.54) is 15.3 Å². The zero-order valence-corrected chi connectivity index (χ0v) is 16.3. The fourth-order valence-electron chi connectivity index (χ4n) is 3.18.